The van der Waals surface area contributed by atoms with E-state index in [0.29, 0.717) is 6.54 Å². The molecule has 0 amide bonds. The lowest BCUT2D eigenvalue weighted by molar-refractivity contribution is 0.626. The Bertz CT molecular complexity index is 584. The standard InChI is InChI=1S/C16H21N3/c1-12-10-16(19(18-12)9-8-17)15-7-6-13-4-2-3-5-14(13)11-15/h6-7,10-11H,2-5,8-9,17H2,1H3. The molecule has 100 valence electrons. The molecule has 3 rings (SSSR count). The van der Waals surface area contributed by atoms with E-state index in [1.54, 1.807) is 0 Å². The first-order chi connectivity index (χ1) is 9.28. The number of benzene rings is 1. The minimum atomic E-state index is 0.624. The van der Waals surface area contributed by atoms with Gasteiger partial charge in [0.25, 0.3) is 0 Å². The lowest BCUT2D eigenvalue weighted by Gasteiger charge is -2.17. The van der Waals surface area contributed by atoms with Crippen LogP contribution >= 0.6 is 0 Å². The van der Waals surface area contributed by atoms with Crippen molar-refractivity contribution in [3.8, 4) is 11.3 Å². The third kappa shape index (κ3) is 2.43. The van der Waals surface area contributed by atoms with E-state index in [4.69, 9.17) is 5.73 Å². The number of hydrogen-bond donors (Lipinski definition) is 1. The summed E-state index contributed by atoms with van der Waals surface area (Å²) in [6.45, 7) is 3.44. The Morgan fingerprint density at radius 1 is 1.16 bits per heavy atom. The molecule has 0 bridgehead atoms. The van der Waals surface area contributed by atoms with Crippen molar-refractivity contribution in [2.24, 2.45) is 5.73 Å². The highest BCUT2D eigenvalue weighted by Crippen LogP contribution is 2.27. The summed E-state index contributed by atoms with van der Waals surface area (Å²) in [5, 5.41) is 4.53. The van der Waals surface area contributed by atoms with Gasteiger partial charge in [0.2, 0.25) is 0 Å². The second kappa shape index (κ2) is 5.17. The molecule has 0 unspecified atom stereocenters. The Labute approximate surface area is 114 Å². The van der Waals surface area contributed by atoms with Gasteiger partial charge in [-0.1, -0.05) is 12.1 Å². The number of nitrogens with zero attached hydrogens (tertiary/aromatic N) is 2. The third-order valence-corrected chi connectivity index (χ3v) is 3.89. The highest BCUT2D eigenvalue weighted by Gasteiger charge is 2.12. The lowest BCUT2D eigenvalue weighted by Crippen LogP contribution is -2.12. The molecule has 0 spiro atoms. The van der Waals surface area contributed by atoms with Crippen LogP contribution in [-0.2, 0) is 19.4 Å². The van der Waals surface area contributed by atoms with Crippen molar-refractivity contribution in [3.05, 3.63) is 41.1 Å². The molecule has 2 N–H and O–H groups in total. The van der Waals surface area contributed by atoms with Gasteiger partial charge in [0.05, 0.1) is 17.9 Å². The highest BCUT2D eigenvalue weighted by atomic mass is 15.3. The van der Waals surface area contributed by atoms with Gasteiger partial charge in [-0.15, -0.1) is 0 Å². The van der Waals surface area contributed by atoms with E-state index >= 15 is 0 Å². The van der Waals surface area contributed by atoms with E-state index in [1.165, 1.54) is 48.1 Å². The third-order valence-electron chi connectivity index (χ3n) is 3.89. The summed E-state index contributed by atoms with van der Waals surface area (Å²) in [7, 11) is 0. The molecule has 1 aromatic carbocycles. The first kappa shape index (κ1) is 12.4. The van der Waals surface area contributed by atoms with E-state index in [1.807, 2.05) is 11.6 Å². The molecular formula is C16H21N3. The van der Waals surface area contributed by atoms with Crippen molar-refractivity contribution in [2.45, 2.75) is 39.2 Å². The van der Waals surface area contributed by atoms with Crippen LogP contribution in [-0.4, -0.2) is 16.3 Å². The SMILES string of the molecule is Cc1cc(-c2ccc3c(c2)CCCC3)n(CCN)n1. The summed E-state index contributed by atoms with van der Waals surface area (Å²) in [5.74, 6) is 0. The van der Waals surface area contributed by atoms with Crippen LogP contribution in [0.15, 0.2) is 24.3 Å². The maximum atomic E-state index is 5.67. The average Bonchev–Trinajstić information content (AvgIpc) is 2.80. The quantitative estimate of drug-likeness (QED) is 0.916. The zero-order valence-corrected chi connectivity index (χ0v) is 11.5. The molecule has 19 heavy (non-hydrogen) atoms. The van der Waals surface area contributed by atoms with Gasteiger partial charge >= 0.3 is 0 Å². The molecule has 1 aliphatic rings. The maximum absolute atomic E-state index is 5.67. The van der Waals surface area contributed by atoms with Crippen LogP contribution < -0.4 is 5.73 Å². The Morgan fingerprint density at radius 3 is 2.74 bits per heavy atom. The molecule has 1 heterocycles. The van der Waals surface area contributed by atoms with Gasteiger partial charge < -0.3 is 5.73 Å². The van der Waals surface area contributed by atoms with E-state index in [9.17, 15) is 0 Å². The normalized spacial score (nSPS) is 14.4. The van der Waals surface area contributed by atoms with Crippen molar-refractivity contribution >= 4 is 0 Å². The second-order valence-electron chi connectivity index (χ2n) is 5.37. The van der Waals surface area contributed by atoms with Crippen LogP contribution in [0, 0.1) is 6.92 Å². The fourth-order valence-corrected chi connectivity index (χ4v) is 2.96. The van der Waals surface area contributed by atoms with Crippen molar-refractivity contribution in [3.63, 3.8) is 0 Å². The number of nitrogens with two attached hydrogens (primary N) is 1. The van der Waals surface area contributed by atoms with Gasteiger partial charge in [-0.25, -0.2) is 0 Å². The monoisotopic (exact) mass is 255 g/mol. The summed E-state index contributed by atoms with van der Waals surface area (Å²) in [5.41, 5.74) is 12.2. The average molecular weight is 255 g/mol. The molecule has 2 aromatic rings. The van der Waals surface area contributed by atoms with Gasteiger partial charge in [-0.2, -0.15) is 5.10 Å². The molecule has 0 saturated carbocycles. The van der Waals surface area contributed by atoms with E-state index in [0.717, 1.165) is 12.2 Å². The van der Waals surface area contributed by atoms with Gasteiger partial charge in [0, 0.05) is 12.1 Å². The van der Waals surface area contributed by atoms with Crippen LogP contribution in [0.1, 0.15) is 29.7 Å². The number of aromatic nitrogens is 2. The zero-order chi connectivity index (χ0) is 13.2. The molecule has 0 aliphatic heterocycles. The van der Waals surface area contributed by atoms with Crippen LogP contribution in [0.4, 0.5) is 0 Å². The Morgan fingerprint density at radius 2 is 1.95 bits per heavy atom. The second-order valence-corrected chi connectivity index (χ2v) is 5.37. The molecule has 3 nitrogen and oxygen atoms in total. The first-order valence-corrected chi connectivity index (χ1v) is 7.14. The highest BCUT2D eigenvalue weighted by molar-refractivity contribution is 5.62. The molecular weight excluding hydrogens is 234 g/mol. The van der Waals surface area contributed by atoms with E-state index in [-0.39, 0.29) is 0 Å². The van der Waals surface area contributed by atoms with Gasteiger partial charge in [-0.05, 0) is 55.9 Å². The first-order valence-electron chi connectivity index (χ1n) is 7.14. The zero-order valence-electron chi connectivity index (χ0n) is 11.5. The summed E-state index contributed by atoms with van der Waals surface area (Å²) in [6.07, 6.45) is 5.10. The van der Waals surface area contributed by atoms with Gasteiger partial charge in [0.15, 0.2) is 0 Å². The van der Waals surface area contributed by atoms with E-state index < -0.39 is 0 Å². The van der Waals surface area contributed by atoms with Crippen LogP contribution in [0.3, 0.4) is 0 Å². The number of rotatable bonds is 3. The molecule has 1 aliphatic carbocycles. The summed E-state index contributed by atoms with van der Waals surface area (Å²) in [4.78, 5) is 0. The predicted molar refractivity (Wildman–Crippen MR) is 78.1 cm³/mol. The van der Waals surface area contributed by atoms with Gasteiger partial charge in [0.1, 0.15) is 0 Å². The lowest BCUT2D eigenvalue weighted by atomic mass is 9.90. The van der Waals surface area contributed by atoms with Crippen LogP contribution in [0.25, 0.3) is 11.3 Å². The molecule has 0 atom stereocenters. The summed E-state index contributed by atoms with van der Waals surface area (Å²) >= 11 is 0. The number of fused-ring (bicyclic) bond motifs is 1. The molecule has 0 saturated heterocycles. The van der Waals surface area contributed by atoms with E-state index in [2.05, 4.69) is 29.4 Å². The van der Waals surface area contributed by atoms with Gasteiger partial charge in [-0.3, -0.25) is 4.68 Å². The molecule has 0 radical (unpaired) electrons. The van der Waals surface area contributed by atoms with Crippen molar-refractivity contribution < 1.29 is 0 Å². The number of hydrogen-bond acceptors (Lipinski definition) is 2. The van der Waals surface area contributed by atoms with Crippen molar-refractivity contribution in [1.82, 2.24) is 9.78 Å². The minimum Gasteiger partial charge on any atom is -0.329 e. The van der Waals surface area contributed by atoms with Crippen LogP contribution in [0.5, 0.6) is 0 Å². The Balaban J connectivity index is 2.01. The minimum absolute atomic E-state index is 0.624. The fourth-order valence-electron chi connectivity index (χ4n) is 2.96. The summed E-state index contributed by atoms with van der Waals surface area (Å²) in [6, 6.07) is 9.02. The smallest absolute Gasteiger partial charge is 0.0685 e. The topological polar surface area (TPSA) is 43.8 Å². The molecule has 0 fully saturated rings. The largest absolute Gasteiger partial charge is 0.329 e. The Hall–Kier alpha value is -1.61. The predicted octanol–water partition coefficient (Wildman–Crippen LogP) is 2.70. The number of aryl methyl sites for hydroxylation is 3. The maximum Gasteiger partial charge on any atom is 0.0685 e. The molecule has 1 aromatic heterocycles. The Kier molecular flexibility index (Phi) is 3.38. The van der Waals surface area contributed by atoms with Crippen LogP contribution in [0.2, 0.25) is 0 Å². The van der Waals surface area contributed by atoms with Crippen molar-refractivity contribution in [1.29, 1.82) is 0 Å². The fraction of sp³-hybridized carbons (Fsp3) is 0.438. The molecule has 3 heteroatoms. The van der Waals surface area contributed by atoms with Crippen molar-refractivity contribution in [2.75, 3.05) is 6.54 Å². The summed E-state index contributed by atoms with van der Waals surface area (Å²) < 4.78 is 2.03.